The van der Waals surface area contributed by atoms with Gasteiger partial charge in [0.25, 0.3) is 0 Å². The Hall–Kier alpha value is -2.32. The fourth-order valence-corrected chi connectivity index (χ4v) is 5.40. The van der Waals surface area contributed by atoms with Crippen LogP contribution in [0.15, 0.2) is 24.5 Å². The summed E-state index contributed by atoms with van der Waals surface area (Å²) in [5, 5.41) is 7.20. The number of esters is 1. The highest BCUT2D eigenvalue weighted by atomic mass is 32.1. The number of aromatic nitrogens is 1. The lowest BCUT2D eigenvalue weighted by molar-refractivity contribution is -0.140. The second-order valence-electron chi connectivity index (χ2n) is 8.55. The standard InChI is InChI=1S/C23H34N4O3S/c1-16(2)7-8-18(25-23(29)24-11-9-20(28)30-4)21-17-10-14-26(3)15-19(17)31-22(21)27-12-5-6-13-27/h5-6,12-13,16,18H,7-11,14-15H2,1-4H3,(H2,24,25,29)/t18-/m1/s1. The molecule has 1 atom stereocenters. The van der Waals surface area contributed by atoms with Crippen molar-refractivity contribution < 1.29 is 14.3 Å². The zero-order chi connectivity index (χ0) is 22.4. The maximum absolute atomic E-state index is 12.7. The van der Waals surface area contributed by atoms with Crippen molar-refractivity contribution >= 4 is 23.3 Å². The number of thiophene rings is 1. The fourth-order valence-electron chi connectivity index (χ4n) is 3.94. The minimum absolute atomic E-state index is 0.0821. The van der Waals surface area contributed by atoms with Crippen LogP contribution in [-0.2, 0) is 22.5 Å². The first-order chi connectivity index (χ1) is 14.9. The number of nitrogens with zero attached hydrogens (tertiary/aromatic N) is 2. The first-order valence-corrected chi connectivity index (χ1v) is 11.8. The predicted molar refractivity (Wildman–Crippen MR) is 124 cm³/mol. The van der Waals surface area contributed by atoms with Gasteiger partial charge in [-0.2, -0.15) is 0 Å². The second-order valence-corrected chi connectivity index (χ2v) is 9.63. The minimum atomic E-state index is -0.331. The Kier molecular flexibility index (Phi) is 8.15. The molecule has 3 heterocycles. The summed E-state index contributed by atoms with van der Waals surface area (Å²) < 4.78 is 6.81. The first-order valence-electron chi connectivity index (χ1n) is 11.0. The van der Waals surface area contributed by atoms with E-state index in [2.05, 4.69) is 58.1 Å². The second kappa shape index (κ2) is 10.8. The molecular weight excluding hydrogens is 412 g/mol. The van der Waals surface area contributed by atoms with E-state index in [9.17, 15) is 9.59 Å². The molecule has 1 aliphatic heterocycles. The van der Waals surface area contributed by atoms with Crippen LogP contribution in [0.3, 0.4) is 0 Å². The van der Waals surface area contributed by atoms with Gasteiger partial charge in [0.1, 0.15) is 5.00 Å². The van der Waals surface area contributed by atoms with Gasteiger partial charge in [0, 0.05) is 42.5 Å². The van der Waals surface area contributed by atoms with Crippen LogP contribution >= 0.6 is 11.3 Å². The quantitative estimate of drug-likeness (QED) is 0.574. The Morgan fingerprint density at radius 3 is 2.65 bits per heavy atom. The predicted octanol–water partition coefficient (Wildman–Crippen LogP) is 3.87. The molecule has 8 heteroatoms. The number of amides is 2. The zero-order valence-corrected chi connectivity index (χ0v) is 19.8. The third kappa shape index (κ3) is 6.11. The number of hydrogen-bond acceptors (Lipinski definition) is 5. The number of methoxy groups -OCH3 is 1. The van der Waals surface area contributed by atoms with Gasteiger partial charge in [0.05, 0.1) is 19.6 Å². The van der Waals surface area contributed by atoms with Gasteiger partial charge in [-0.25, -0.2) is 4.79 Å². The molecule has 1 aliphatic rings. The van der Waals surface area contributed by atoms with Gasteiger partial charge in [-0.1, -0.05) is 13.8 Å². The van der Waals surface area contributed by atoms with E-state index in [0.29, 0.717) is 5.92 Å². The van der Waals surface area contributed by atoms with Crippen LogP contribution < -0.4 is 10.6 Å². The number of urea groups is 1. The van der Waals surface area contributed by atoms with Crippen molar-refractivity contribution in [1.82, 2.24) is 20.1 Å². The van der Waals surface area contributed by atoms with E-state index >= 15 is 0 Å². The highest BCUT2D eigenvalue weighted by Crippen LogP contribution is 2.40. The highest BCUT2D eigenvalue weighted by molar-refractivity contribution is 7.15. The molecule has 7 nitrogen and oxygen atoms in total. The van der Waals surface area contributed by atoms with Gasteiger partial charge in [-0.15, -0.1) is 11.3 Å². The summed E-state index contributed by atoms with van der Waals surface area (Å²) in [7, 11) is 3.51. The minimum Gasteiger partial charge on any atom is -0.469 e. The lowest BCUT2D eigenvalue weighted by Gasteiger charge is -2.26. The lowest BCUT2D eigenvalue weighted by atomic mass is 9.93. The van der Waals surface area contributed by atoms with E-state index < -0.39 is 0 Å². The van der Waals surface area contributed by atoms with Crippen LogP contribution in [0, 0.1) is 5.92 Å². The number of likely N-dealkylation sites (N-methyl/N-ethyl adjacent to an activating group) is 1. The highest BCUT2D eigenvalue weighted by Gasteiger charge is 2.29. The molecule has 2 aromatic heterocycles. The van der Waals surface area contributed by atoms with Gasteiger partial charge in [-0.05, 0) is 49.9 Å². The third-order valence-corrected chi connectivity index (χ3v) is 6.88. The van der Waals surface area contributed by atoms with Gasteiger partial charge >= 0.3 is 12.0 Å². The number of hydrogen-bond donors (Lipinski definition) is 2. The Labute approximate surface area is 188 Å². The molecular formula is C23H34N4O3S. The van der Waals surface area contributed by atoms with E-state index in [4.69, 9.17) is 0 Å². The summed E-state index contributed by atoms with van der Waals surface area (Å²) in [6.45, 7) is 6.63. The summed E-state index contributed by atoms with van der Waals surface area (Å²) in [4.78, 5) is 27.8. The molecule has 0 saturated carbocycles. The van der Waals surface area contributed by atoms with E-state index in [1.54, 1.807) is 0 Å². The van der Waals surface area contributed by atoms with Crippen LogP contribution in [0.25, 0.3) is 5.00 Å². The Morgan fingerprint density at radius 1 is 1.23 bits per heavy atom. The number of nitrogens with one attached hydrogen (secondary N) is 2. The largest absolute Gasteiger partial charge is 0.469 e. The molecule has 31 heavy (non-hydrogen) atoms. The lowest BCUT2D eigenvalue weighted by Crippen LogP contribution is -2.39. The van der Waals surface area contributed by atoms with Crippen molar-refractivity contribution in [2.75, 3.05) is 27.2 Å². The average Bonchev–Trinajstić information content (AvgIpc) is 3.38. The Morgan fingerprint density at radius 2 is 1.97 bits per heavy atom. The SMILES string of the molecule is COC(=O)CCNC(=O)N[C@H](CCC(C)C)c1c(-n2cccc2)sc2c1CCN(C)C2. The maximum atomic E-state index is 12.7. The average molecular weight is 447 g/mol. The Balaban J connectivity index is 1.87. The van der Waals surface area contributed by atoms with Crippen LogP contribution in [0.1, 0.15) is 55.2 Å². The molecule has 0 unspecified atom stereocenters. The molecule has 2 N–H and O–H groups in total. The molecule has 2 amide bonds. The van der Waals surface area contributed by atoms with Crippen molar-refractivity contribution in [1.29, 1.82) is 0 Å². The molecule has 0 aliphatic carbocycles. The van der Waals surface area contributed by atoms with E-state index in [1.807, 2.05) is 23.5 Å². The Bertz CT molecular complexity index is 876. The van der Waals surface area contributed by atoms with Crippen LogP contribution in [0.4, 0.5) is 4.79 Å². The molecule has 0 bridgehead atoms. The maximum Gasteiger partial charge on any atom is 0.315 e. The molecule has 3 rings (SSSR count). The van der Waals surface area contributed by atoms with Gasteiger partial charge in [0.2, 0.25) is 0 Å². The van der Waals surface area contributed by atoms with Gasteiger partial charge < -0.3 is 24.8 Å². The number of carbonyl (C=O) groups excluding carboxylic acids is 2. The summed E-state index contributed by atoms with van der Waals surface area (Å²) >= 11 is 1.83. The first kappa shape index (κ1) is 23.3. The molecule has 0 fully saturated rings. The molecule has 0 radical (unpaired) electrons. The molecule has 2 aromatic rings. The van der Waals surface area contributed by atoms with Gasteiger partial charge in [0.15, 0.2) is 0 Å². The van der Waals surface area contributed by atoms with Crippen molar-refractivity contribution in [3.8, 4) is 5.00 Å². The number of ether oxygens (including phenoxy) is 1. The summed E-state index contributed by atoms with van der Waals surface area (Å²) in [6.07, 6.45) is 7.18. The summed E-state index contributed by atoms with van der Waals surface area (Å²) in [5.41, 5.74) is 2.63. The topological polar surface area (TPSA) is 75.6 Å². The van der Waals surface area contributed by atoms with Crippen molar-refractivity contribution in [3.63, 3.8) is 0 Å². The fraction of sp³-hybridized carbons (Fsp3) is 0.565. The van der Waals surface area contributed by atoms with Crippen LogP contribution in [-0.4, -0.2) is 48.7 Å². The molecule has 0 spiro atoms. The van der Waals surface area contributed by atoms with Crippen LogP contribution in [0.5, 0.6) is 0 Å². The third-order valence-electron chi connectivity index (χ3n) is 5.64. The van der Waals surface area contributed by atoms with Crippen molar-refractivity contribution in [2.24, 2.45) is 5.92 Å². The number of fused-ring (bicyclic) bond motifs is 1. The van der Waals surface area contributed by atoms with Crippen molar-refractivity contribution in [2.45, 2.75) is 52.1 Å². The van der Waals surface area contributed by atoms with E-state index in [1.165, 1.54) is 28.1 Å². The number of rotatable bonds is 9. The molecule has 170 valence electrons. The number of carbonyl (C=O) groups is 2. The van der Waals surface area contributed by atoms with E-state index in [0.717, 1.165) is 32.4 Å². The normalized spacial score (nSPS) is 14.9. The smallest absolute Gasteiger partial charge is 0.315 e. The zero-order valence-electron chi connectivity index (χ0n) is 18.9. The summed E-state index contributed by atoms with van der Waals surface area (Å²) in [6, 6.07) is 3.74. The van der Waals surface area contributed by atoms with Crippen molar-refractivity contribution in [3.05, 3.63) is 40.5 Å². The monoisotopic (exact) mass is 446 g/mol. The summed E-state index contributed by atoms with van der Waals surface area (Å²) in [5.74, 6) is 0.213. The molecule has 0 saturated heterocycles. The van der Waals surface area contributed by atoms with Crippen LogP contribution in [0.2, 0.25) is 0 Å². The molecule has 0 aromatic carbocycles. The van der Waals surface area contributed by atoms with Gasteiger partial charge in [-0.3, -0.25) is 4.79 Å². The van der Waals surface area contributed by atoms with E-state index in [-0.39, 0.29) is 31.0 Å².